The lowest BCUT2D eigenvalue weighted by molar-refractivity contribution is -0.133. The highest BCUT2D eigenvalue weighted by atomic mass is 35.5. The molecule has 1 aromatic rings. The van der Waals surface area contributed by atoms with Gasteiger partial charge in [0.15, 0.2) is 0 Å². The number of carbonyl (C=O) groups is 1. The van der Waals surface area contributed by atoms with Crippen LogP contribution >= 0.6 is 11.6 Å². The van der Waals surface area contributed by atoms with Crippen molar-refractivity contribution in [2.24, 2.45) is 0 Å². The number of halogens is 1. The first-order chi connectivity index (χ1) is 11.1. The van der Waals surface area contributed by atoms with E-state index < -0.39 is 0 Å². The van der Waals surface area contributed by atoms with Crippen LogP contribution < -0.4 is 5.32 Å². The van der Waals surface area contributed by atoms with Crippen molar-refractivity contribution < 1.29 is 14.3 Å². The van der Waals surface area contributed by atoms with Crippen LogP contribution in [0.5, 0.6) is 0 Å². The van der Waals surface area contributed by atoms with Crippen LogP contribution in [0.1, 0.15) is 38.7 Å². The first-order valence-electron chi connectivity index (χ1n) is 8.34. The number of hydrogen-bond acceptors (Lipinski definition) is 3. The molecule has 1 N–H and O–H groups in total. The lowest BCUT2D eigenvalue weighted by Gasteiger charge is -2.38. The molecular formula is C18H26ClNO3. The molecule has 4 nitrogen and oxygen atoms in total. The van der Waals surface area contributed by atoms with Gasteiger partial charge in [0.05, 0.1) is 0 Å². The van der Waals surface area contributed by atoms with Gasteiger partial charge in [-0.05, 0) is 43.9 Å². The summed E-state index contributed by atoms with van der Waals surface area (Å²) in [5.41, 5.74) is 1.04. The van der Waals surface area contributed by atoms with Crippen LogP contribution in [0.25, 0.3) is 0 Å². The van der Waals surface area contributed by atoms with Crippen LogP contribution in [0.2, 0.25) is 5.02 Å². The summed E-state index contributed by atoms with van der Waals surface area (Å²) in [5, 5.41) is 3.81. The first kappa shape index (κ1) is 18.2. The fourth-order valence-corrected chi connectivity index (χ4v) is 3.29. The van der Waals surface area contributed by atoms with E-state index in [0.29, 0.717) is 32.8 Å². The van der Waals surface area contributed by atoms with E-state index in [1.54, 1.807) is 0 Å². The molecular weight excluding hydrogens is 314 g/mol. The van der Waals surface area contributed by atoms with Crippen molar-refractivity contribution in [3.05, 3.63) is 34.9 Å². The predicted octanol–water partition coefficient (Wildman–Crippen LogP) is 3.32. The number of ether oxygens (including phenoxy) is 2. The second kappa shape index (κ2) is 8.67. The molecule has 1 fully saturated rings. The molecule has 0 radical (unpaired) electrons. The summed E-state index contributed by atoms with van der Waals surface area (Å²) in [6, 6.07) is 7.92. The van der Waals surface area contributed by atoms with Gasteiger partial charge < -0.3 is 14.8 Å². The number of benzene rings is 1. The van der Waals surface area contributed by atoms with E-state index >= 15 is 0 Å². The highest BCUT2D eigenvalue weighted by molar-refractivity contribution is 6.30. The van der Waals surface area contributed by atoms with Gasteiger partial charge in [0.1, 0.15) is 6.10 Å². The topological polar surface area (TPSA) is 47.6 Å². The van der Waals surface area contributed by atoms with Crippen LogP contribution in [0, 0.1) is 0 Å². The second-order valence-electron chi connectivity index (χ2n) is 5.97. The Kier molecular flexibility index (Phi) is 6.88. The summed E-state index contributed by atoms with van der Waals surface area (Å²) in [7, 11) is 0. The van der Waals surface area contributed by atoms with E-state index in [-0.39, 0.29) is 17.4 Å². The SMILES string of the molecule is CCOC(CC)C(=O)NCC1(c2cccc(Cl)c2)CCOCC1. The molecule has 1 aliphatic heterocycles. The summed E-state index contributed by atoms with van der Waals surface area (Å²) in [6.45, 7) is 6.39. The zero-order valence-electron chi connectivity index (χ0n) is 13.9. The molecule has 1 saturated heterocycles. The Morgan fingerprint density at radius 3 is 2.74 bits per heavy atom. The zero-order valence-corrected chi connectivity index (χ0v) is 14.7. The van der Waals surface area contributed by atoms with Crippen molar-refractivity contribution in [2.75, 3.05) is 26.4 Å². The van der Waals surface area contributed by atoms with E-state index in [2.05, 4.69) is 11.4 Å². The van der Waals surface area contributed by atoms with Crippen molar-refractivity contribution in [3.63, 3.8) is 0 Å². The molecule has 23 heavy (non-hydrogen) atoms. The monoisotopic (exact) mass is 339 g/mol. The summed E-state index contributed by atoms with van der Waals surface area (Å²) in [6.07, 6.45) is 2.04. The Hall–Kier alpha value is -1.10. The normalized spacial score (nSPS) is 18.4. The lowest BCUT2D eigenvalue weighted by atomic mass is 9.74. The minimum Gasteiger partial charge on any atom is -0.381 e. The molecule has 2 rings (SSSR count). The zero-order chi connectivity index (χ0) is 16.7. The molecule has 5 heteroatoms. The Morgan fingerprint density at radius 1 is 1.39 bits per heavy atom. The van der Waals surface area contributed by atoms with Crippen molar-refractivity contribution in [2.45, 2.75) is 44.6 Å². The van der Waals surface area contributed by atoms with E-state index in [1.165, 1.54) is 0 Å². The van der Waals surface area contributed by atoms with Gasteiger partial charge in [-0.1, -0.05) is 30.7 Å². The first-order valence-corrected chi connectivity index (χ1v) is 8.72. The summed E-state index contributed by atoms with van der Waals surface area (Å²) in [5.74, 6) is -0.0396. The van der Waals surface area contributed by atoms with Gasteiger partial charge in [-0.15, -0.1) is 0 Å². The Bertz CT molecular complexity index is 515. The van der Waals surface area contributed by atoms with Crippen molar-refractivity contribution in [1.29, 1.82) is 0 Å². The molecule has 1 aliphatic rings. The maximum atomic E-state index is 12.4. The molecule has 0 spiro atoms. The van der Waals surface area contributed by atoms with E-state index in [4.69, 9.17) is 21.1 Å². The molecule has 1 heterocycles. The van der Waals surface area contributed by atoms with Crippen LogP contribution in [0.15, 0.2) is 24.3 Å². The smallest absolute Gasteiger partial charge is 0.249 e. The van der Waals surface area contributed by atoms with E-state index in [0.717, 1.165) is 23.4 Å². The highest BCUT2D eigenvalue weighted by Crippen LogP contribution is 2.35. The number of nitrogens with one attached hydrogen (secondary N) is 1. The van der Waals surface area contributed by atoms with Gasteiger partial charge in [0.2, 0.25) is 5.91 Å². The maximum Gasteiger partial charge on any atom is 0.249 e. The van der Waals surface area contributed by atoms with Gasteiger partial charge in [-0.3, -0.25) is 4.79 Å². The third-order valence-electron chi connectivity index (χ3n) is 4.52. The molecule has 1 atom stereocenters. The number of amides is 1. The number of hydrogen-bond donors (Lipinski definition) is 1. The predicted molar refractivity (Wildman–Crippen MR) is 91.9 cm³/mol. The highest BCUT2D eigenvalue weighted by Gasteiger charge is 2.35. The lowest BCUT2D eigenvalue weighted by Crippen LogP contribution is -2.47. The molecule has 128 valence electrons. The fraction of sp³-hybridized carbons (Fsp3) is 0.611. The van der Waals surface area contributed by atoms with Gasteiger partial charge in [0.25, 0.3) is 0 Å². The van der Waals surface area contributed by atoms with Gasteiger partial charge in [0, 0.05) is 36.8 Å². The Balaban J connectivity index is 2.11. The van der Waals surface area contributed by atoms with Crippen molar-refractivity contribution >= 4 is 17.5 Å². The van der Waals surface area contributed by atoms with Gasteiger partial charge in [-0.25, -0.2) is 0 Å². The Labute approximate surface area is 143 Å². The average molecular weight is 340 g/mol. The molecule has 0 saturated carbocycles. The summed E-state index contributed by atoms with van der Waals surface area (Å²) < 4.78 is 11.0. The Morgan fingerprint density at radius 2 is 2.13 bits per heavy atom. The van der Waals surface area contributed by atoms with E-state index in [1.807, 2.05) is 32.0 Å². The minimum atomic E-state index is -0.378. The van der Waals surface area contributed by atoms with Crippen LogP contribution in [0.3, 0.4) is 0 Å². The van der Waals surface area contributed by atoms with Crippen LogP contribution in [0.4, 0.5) is 0 Å². The average Bonchev–Trinajstić information content (AvgIpc) is 2.58. The van der Waals surface area contributed by atoms with Gasteiger partial charge >= 0.3 is 0 Å². The maximum absolute atomic E-state index is 12.4. The minimum absolute atomic E-state index is 0.0396. The third-order valence-corrected chi connectivity index (χ3v) is 4.75. The molecule has 0 aliphatic carbocycles. The second-order valence-corrected chi connectivity index (χ2v) is 6.41. The quantitative estimate of drug-likeness (QED) is 0.829. The van der Waals surface area contributed by atoms with Crippen LogP contribution in [-0.2, 0) is 19.7 Å². The molecule has 1 aromatic carbocycles. The molecule has 0 aromatic heterocycles. The van der Waals surface area contributed by atoms with Crippen LogP contribution in [-0.4, -0.2) is 38.4 Å². The third kappa shape index (κ3) is 4.69. The summed E-state index contributed by atoms with van der Waals surface area (Å²) in [4.78, 5) is 12.4. The number of rotatable bonds is 7. The van der Waals surface area contributed by atoms with Gasteiger partial charge in [-0.2, -0.15) is 0 Å². The standard InChI is InChI=1S/C18H26ClNO3/c1-3-16(23-4-2)17(21)20-13-18(8-10-22-11-9-18)14-6-5-7-15(19)12-14/h5-7,12,16H,3-4,8-11,13H2,1-2H3,(H,20,21). The van der Waals surface area contributed by atoms with Crippen molar-refractivity contribution in [3.8, 4) is 0 Å². The van der Waals surface area contributed by atoms with E-state index in [9.17, 15) is 4.79 Å². The number of carbonyl (C=O) groups excluding carboxylic acids is 1. The molecule has 1 unspecified atom stereocenters. The van der Waals surface area contributed by atoms with Crippen molar-refractivity contribution in [1.82, 2.24) is 5.32 Å². The fourth-order valence-electron chi connectivity index (χ4n) is 3.10. The molecule has 0 bridgehead atoms. The molecule has 1 amide bonds. The summed E-state index contributed by atoms with van der Waals surface area (Å²) >= 11 is 6.16. The largest absolute Gasteiger partial charge is 0.381 e.